The number of nitrogens with two attached hydrogens (primary N) is 1. The summed E-state index contributed by atoms with van der Waals surface area (Å²) in [6.07, 6.45) is 0.110. The van der Waals surface area contributed by atoms with Crippen LogP contribution in [-0.4, -0.2) is 11.9 Å². The average Bonchev–Trinajstić information content (AvgIpc) is 2.49. The third-order valence-electron chi connectivity index (χ3n) is 3.78. The summed E-state index contributed by atoms with van der Waals surface area (Å²) in [5, 5.41) is 2.76. The molecule has 2 atom stereocenters. The van der Waals surface area contributed by atoms with Crippen LogP contribution in [-0.2, 0) is 16.8 Å². The van der Waals surface area contributed by atoms with Crippen LogP contribution in [0.5, 0.6) is 0 Å². The highest BCUT2D eigenvalue weighted by molar-refractivity contribution is 5.82. The lowest BCUT2D eigenvalue weighted by Crippen LogP contribution is -2.51. The van der Waals surface area contributed by atoms with Crippen LogP contribution >= 0.6 is 0 Å². The van der Waals surface area contributed by atoms with Crippen LogP contribution in [0.1, 0.15) is 25.0 Å². The number of hydrogen-bond donors (Lipinski definition) is 2. The molecule has 0 aliphatic heterocycles. The first kappa shape index (κ1) is 17.1. The summed E-state index contributed by atoms with van der Waals surface area (Å²) < 4.78 is 28.3. The highest BCUT2D eigenvalue weighted by atomic mass is 19.1. The van der Waals surface area contributed by atoms with E-state index in [1.165, 1.54) is 12.1 Å². The molecule has 122 valence electrons. The SMILES string of the molecule is C[C@H](N)C(=O)NC(C)(Cc1ccccc1F)c1ccccc1F. The Morgan fingerprint density at radius 2 is 1.70 bits per heavy atom. The molecular weight excluding hydrogens is 298 g/mol. The summed E-state index contributed by atoms with van der Waals surface area (Å²) >= 11 is 0. The maximum atomic E-state index is 14.3. The monoisotopic (exact) mass is 318 g/mol. The van der Waals surface area contributed by atoms with Gasteiger partial charge in [0.2, 0.25) is 5.91 Å². The molecule has 3 nitrogen and oxygen atoms in total. The van der Waals surface area contributed by atoms with E-state index in [1.54, 1.807) is 50.2 Å². The number of benzene rings is 2. The maximum Gasteiger partial charge on any atom is 0.237 e. The van der Waals surface area contributed by atoms with Crippen LogP contribution in [0.4, 0.5) is 8.78 Å². The van der Waals surface area contributed by atoms with Gasteiger partial charge < -0.3 is 11.1 Å². The zero-order valence-corrected chi connectivity index (χ0v) is 13.1. The van der Waals surface area contributed by atoms with Crippen LogP contribution in [0.3, 0.4) is 0 Å². The molecule has 0 aliphatic carbocycles. The van der Waals surface area contributed by atoms with Crippen molar-refractivity contribution in [1.29, 1.82) is 0 Å². The molecule has 23 heavy (non-hydrogen) atoms. The first-order valence-electron chi connectivity index (χ1n) is 7.39. The predicted octanol–water partition coefficient (Wildman–Crippen LogP) is 2.89. The lowest BCUT2D eigenvalue weighted by Gasteiger charge is -2.33. The van der Waals surface area contributed by atoms with Crippen molar-refractivity contribution in [3.05, 3.63) is 71.3 Å². The van der Waals surface area contributed by atoms with Gasteiger partial charge in [0.15, 0.2) is 0 Å². The lowest BCUT2D eigenvalue weighted by atomic mass is 9.84. The van der Waals surface area contributed by atoms with Crippen LogP contribution in [0.2, 0.25) is 0 Å². The zero-order chi connectivity index (χ0) is 17.0. The summed E-state index contributed by atoms with van der Waals surface area (Å²) in [5.74, 6) is -1.28. The minimum Gasteiger partial charge on any atom is -0.345 e. The average molecular weight is 318 g/mol. The van der Waals surface area contributed by atoms with E-state index in [9.17, 15) is 13.6 Å². The number of amides is 1. The number of nitrogens with one attached hydrogen (secondary N) is 1. The standard InChI is InChI=1S/C18H20F2N2O/c1-12(21)17(23)22-18(2,14-8-4-6-10-16(14)20)11-13-7-3-5-9-15(13)19/h3-10,12H,11,21H2,1-2H3,(H,22,23)/t12-,18?/m0/s1. The molecule has 2 aromatic carbocycles. The van der Waals surface area contributed by atoms with Crippen molar-refractivity contribution in [3.8, 4) is 0 Å². The topological polar surface area (TPSA) is 55.1 Å². The molecular formula is C18H20F2N2O. The van der Waals surface area contributed by atoms with Gasteiger partial charge >= 0.3 is 0 Å². The Kier molecular flexibility index (Phi) is 5.11. The van der Waals surface area contributed by atoms with Crippen molar-refractivity contribution >= 4 is 5.91 Å². The predicted molar refractivity (Wildman–Crippen MR) is 85.6 cm³/mol. The highest BCUT2D eigenvalue weighted by Crippen LogP contribution is 2.28. The molecule has 0 saturated carbocycles. The van der Waals surface area contributed by atoms with Gasteiger partial charge in [0, 0.05) is 12.0 Å². The molecule has 0 aromatic heterocycles. The normalized spacial score (nSPS) is 14.8. The molecule has 0 fully saturated rings. The molecule has 0 saturated heterocycles. The summed E-state index contributed by atoms with van der Waals surface area (Å²) in [6.45, 7) is 3.21. The molecule has 1 amide bonds. The van der Waals surface area contributed by atoms with Gasteiger partial charge in [-0.2, -0.15) is 0 Å². The smallest absolute Gasteiger partial charge is 0.237 e. The Morgan fingerprint density at radius 1 is 1.13 bits per heavy atom. The fourth-order valence-corrected chi connectivity index (χ4v) is 2.52. The fraction of sp³-hybridized carbons (Fsp3) is 0.278. The van der Waals surface area contributed by atoms with E-state index in [1.807, 2.05) is 0 Å². The Balaban J connectivity index is 2.45. The van der Waals surface area contributed by atoms with Gasteiger partial charge in [-0.3, -0.25) is 4.79 Å². The highest BCUT2D eigenvalue weighted by Gasteiger charge is 2.33. The van der Waals surface area contributed by atoms with Crippen molar-refractivity contribution in [2.75, 3.05) is 0 Å². The lowest BCUT2D eigenvalue weighted by molar-refractivity contribution is -0.123. The molecule has 2 rings (SSSR count). The number of rotatable bonds is 5. The molecule has 0 spiro atoms. The van der Waals surface area contributed by atoms with Crippen molar-refractivity contribution in [1.82, 2.24) is 5.32 Å². The quantitative estimate of drug-likeness (QED) is 0.890. The van der Waals surface area contributed by atoms with E-state index in [-0.39, 0.29) is 12.0 Å². The van der Waals surface area contributed by atoms with E-state index in [4.69, 9.17) is 5.73 Å². The molecule has 3 N–H and O–H groups in total. The largest absolute Gasteiger partial charge is 0.345 e. The molecule has 2 aromatic rings. The van der Waals surface area contributed by atoms with Crippen molar-refractivity contribution in [2.24, 2.45) is 5.73 Å². The second kappa shape index (κ2) is 6.87. The van der Waals surface area contributed by atoms with Crippen LogP contribution in [0.15, 0.2) is 48.5 Å². The Labute approximate surface area is 134 Å². The second-order valence-electron chi connectivity index (χ2n) is 5.86. The Morgan fingerprint density at radius 3 is 2.26 bits per heavy atom. The molecule has 0 aliphatic rings. The van der Waals surface area contributed by atoms with E-state index < -0.39 is 29.1 Å². The fourth-order valence-electron chi connectivity index (χ4n) is 2.52. The third-order valence-corrected chi connectivity index (χ3v) is 3.78. The summed E-state index contributed by atoms with van der Waals surface area (Å²) in [6, 6.07) is 11.6. The zero-order valence-electron chi connectivity index (χ0n) is 13.1. The van der Waals surface area contributed by atoms with Gasteiger partial charge in [0.25, 0.3) is 0 Å². The van der Waals surface area contributed by atoms with E-state index in [0.717, 1.165) is 0 Å². The molecule has 0 heterocycles. The van der Waals surface area contributed by atoms with Gasteiger partial charge in [-0.25, -0.2) is 8.78 Å². The molecule has 5 heteroatoms. The Bertz CT molecular complexity index is 703. The number of hydrogen-bond acceptors (Lipinski definition) is 2. The van der Waals surface area contributed by atoms with Crippen molar-refractivity contribution in [3.63, 3.8) is 0 Å². The van der Waals surface area contributed by atoms with Gasteiger partial charge in [0.05, 0.1) is 11.6 Å². The second-order valence-corrected chi connectivity index (χ2v) is 5.86. The van der Waals surface area contributed by atoms with Crippen LogP contribution in [0, 0.1) is 11.6 Å². The summed E-state index contributed by atoms with van der Waals surface area (Å²) in [4.78, 5) is 12.1. The number of halogens is 2. The third kappa shape index (κ3) is 3.93. The van der Waals surface area contributed by atoms with Crippen molar-refractivity contribution in [2.45, 2.75) is 31.8 Å². The van der Waals surface area contributed by atoms with E-state index in [2.05, 4.69) is 5.32 Å². The van der Waals surface area contributed by atoms with Crippen LogP contribution in [0.25, 0.3) is 0 Å². The van der Waals surface area contributed by atoms with Crippen molar-refractivity contribution < 1.29 is 13.6 Å². The number of carbonyl (C=O) groups excluding carboxylic acids is 1. The number of carbonyl (C=O) groups is 1. The van der Waals surface area contributed by atoms with Gasteiger partial charge in [-0.05, 0) is 31.5 Å². The molecule has 0 radical (unpaired) electrons. The summed E-state index contributed by atoms with van der Waals surface area (Å²) in [5.41, 5.74) is 5.17. The molecule has 1 unspecified atom stereocenters. The minimum absolute atomic E-state index is 0.110. The van der Waals surface area contributed by atoms with Gasteiger partial charge in [-0.1, -0.05) is 36.4 Å². The first-order valence-corrected chi connectivity index (χ1v) is 7.39. The van der Waals surface area contributed by atoms with E-state index in [0.29, 0.717) is 5.56 Å². The first-order chi connectivity index (χ1) is 10.8. The minimum atomic E-state index is -1.11. The summed E-state index contributed by atoms with van der Waals surface area (Å²) in [7, 11) is 0. The van der Waals surface area contributed by atoms with Crippen LogP contribution < -0.4 is 11.1 Å². The molecule has 0 bridgehead atoms. The maximum absolute atomic E-state index is 14.3. The Hall–Kier alpha value is -2.27. The van der Waals surface area contributed by atoms with E-state index >= 15 is 0 Å². The van der Waals surface area contributed by atoms with Gasteiger partial charge in [-0.15, -0.1) is 0 Å². The van der Waals surface area contributed by atoms with Gasteiger partial charge in [0.1, 0.15) is 11.6 Å².